The first kappa shape index (κ1) is 16.3. The molecule has 0 saturated heterocycles. The van der Waals surface area contributed by atoms with E-state index in [0.717, 1.165) is 4.88 Å². The van der Waals surface area contributed by atoms with Gasteiger partial charge < -0.3 is 18.9 Å². The fourth-order valence-corrected chi connectivity index (χ4v) is 1.91. The molecule has 1 aromatic rings. The molecule has 0 aromatic carbocycles. The Balaban J connectivity index is 1.85. The summed E-state index contributed by atoms with van der Waals surface area (Å²) >= 11 is 1.42. The maximum Gasteiger partial charge on any atom is 0.198 e. The van der Waals surface area contributed by atoms with Crippen molar-refractivity contribution in [3.63, 3.8) is 0 Å². The van der Waals surface area contributed by atoms with E-state index in [9.17, 15) is 4.79 Å². The molecule has 0 N–H and O–H groups in total. The molecule has 0 saturated carbocycles. The zero-order valence-corrected chi connectivity index (χ0v) is 11.9. The zero-order chi connectivity index (χ0) is 13.8. The van der Waals surface area contributed by atoms with Gasteiger partial charge in [0.1, 0.15) is 6.61 Å². The van der Waals surface area contributed by atoms with Gasteiger partial charge in [0.2, 0.25) is 0 Å². The van der Waals surface area contributed by atoms with Crippen LogP contribution in [0, 0.1) is 0 Å². The highest BCUT2D eigenvalue weighted by Gasteiger charge is 2.05. The number of carbonyl (C=O) groups is 1. The zero-order valence-electron chi connectivity index (χ0n) is 11.1. The minimum atomic E-state index is 0.0119. The summed E-state index contributed by atoms with van der Waals surface area (Å²) < 4.78 is 20.6. The molecule has 1 heterocycles. The van der Waals surface area contributed by atoms with Crippen LogP contribution in [0.15, 0.2) is 17.5 Å². The van der Waals surface area contributed by atoms with Crippen LogP contribution in [0.5, 0.6) is 0 Å². The molecule has 108 valence electrons. The van der Waals surface area contributed by atoms with E-state index in [1.807, 2.05) is 11.4 Å². The summed E-state index contributed by atoms with van der Waals surface area (Å²) in [6.45, 7) is 3.21. The van der Waals surface area contributed by atoms with E-state index in [4.69, 9.17) is 18.9 Å². The summed E-state index contributed by atoms with van der Waals surface area (Å²) in [7, 11) is 1.63. The van der Waals surface area contributed by atoms with Gasteiger partial charge >= 0.3 is 0 Å². The third-order valence-corrected chi connectivity index (χ3v) is 3.12. The second-order valence-electron chi connectivity index (χ2n) is 3.67. The van der Waals surface area contributed by atoms with E-state index in [0.29, 0.717) is 39.6 Å². The van der Waals surface area contributed by atoms with Gasteiger partial charge in [0, 0.05) is 7.11 Å². The van der Waals surface area contributed by atoms with Crippen LogP contribution in [0.2, 0.25) is 0 Å². The summed E-state index contributed by atoms with van der Waals surface area (Å²) in [4.78, 5) is 12.3. The lowest BCUT2D eigenvalue weighted by atomic mass is 10.3. The average molecular weight is 288 g/mol. The van der Waals surface area contributed by atoms with Gasteiger partial charge in [0.15, 0.2) is 5.78 Å². The SMILES string of the molecule is COCCOCCOCCOCC(=O)c1cccs1. The topological polar surface area (TPSA) is 54.0 Å². The molecule has 19 heavy (non-hydrogen) atoms. The molecule has 6 heteroatoms. The molecule has 0 amide bonds. The lowest BCUT2D eigenvalue weighted by Gasteiger charge is -2.06. The first-order valence-corrected chi connectivity index (χ1v) is 7.01. The average Bonchev–Trinajstić information content (AvgIpc) is 2.95. The number of ketones is 1. The highest BCUT2D eigenvalue weighted by molar-refractivity contribution is 7.12. The van der Waals surface area contributed by atoms with E-state index in [1.54, 1.807) is 13.2 Å². The van der Waals surface area contributed by atoms with Gasteiger partial charge in [0.25, 0.3) is 0 Å². The molecule has 1 aromatic heterocycles. The second-order valence-corrected chi connectivity index (χ2v) is 4.62. The molecule has 1 rings (SSSR count). The minimum absolute atomic E-state index is 0.0119. The Morgan fingerprint density at radius 3 is 2.26 bits per heavy atom. The largest absolute Gasteiger partial charge is 0.382 e. The first-order chi connectivity index (χ1) is 9.34. The van der Waals surface area contributed by atoms with Crippen molar-refractivity contribution >= 4 is 17.1 Å². The van der Waals surface area contributed by atoms with Crippen molar-refractivity contribution < 1.29 is 23.7 Å². The Hall–Kier alpha value is -0.790. The molecular weight excluding hydrogens is 268 g/mol. The fraction of sp³-hybridized carbons (Fsp3) is 0.615. The van der Waals surface area contributed by atoms with Gasteiger partial charge in [-0.2, -0.15) is 0 Å². The van der Waals surface area contributed by atoms with Crippen LogP contribution in [0.1, 0.15) is 9.67 Å². The van der Waals surface area contributed by atoms with E-state index in [1.165, 1.54) is 11.3 Å². The van der Waals surface area contributed by atoms with E-state index in [2.05, 4.69) is 0 Å². The number of thiophene rings is 1. The van der Waals surface area contributed by atoms with Crippen molar-refractivity contribution in [3.8, 4) is 0 Å². The quantitative estimate of drug-likeness (QED) is 0.432. The molecule has 0 aliphatic rings. The highest BCUT2D eigenvalue weighted by atomic mass is 32.1. The molecule has 0 aliphatic carbocycles. The first-order valence-electron chi connectivity index (χ1n) is 6.13. The Morgan fingerprint density at radius 1 is 1.05 bits per heavy atom. The number of ether oxygens (including phenoxy) is 4. The predicted molar refractivity (Wildman–Crippen MR) is 73.0 cm³/mol. The van der Waals surface area contributed by atoms with Crippen molar-refractivity contribution in [3.05, 3.63) is 22.4 Å². The molecule has 0 bridgehead atoms. The van der Waals surface area contributed by atoms with Crippen LogP contribution in [0.25, 0.3) is 0 Å². The van der Waals surface area contributed by atoms with Gasteiger partial charge in [-0.25, -0.2) is 0 Å². The standard InChI is InChI=1S/C13H20O5S/c1-15-4-5-16-6-7-17-8-9-18-11-12(14)13-3-2-10-19-13/h2-3,10H,4-9,11H2,1H3. The molecular formula is C13H20O5S. The van der Waals surface area contributed by atoms with Crippen LogP contribution in [-0.4, -0.2) is 59.1 Å². The molecule has 5 nitrogen and oxygen atoms in total. The molecule has 0 fully saturated rings. The molecule has 0 radical (unpaired) electrons. The Bertz CT molecular complexity index is 326. The number of hydrogen-bond acceptors (Lipinski definition) is 6. The van der Waals surface area contributed by atoms with Gasteiger partial charge in [0.05, 0.1) is 44.5 Å². The summed E-state index contributed by atoms with van der Waals surface area (Å²) in [5, 5.41) is 1.87. The van der Waals surface area contributed by atoms with Crippen LogP contribution >= 0.6 is 11.3 Å². The van der Waals surface area contributed by atoms with Gasteiger partial charge in [-0.15, -0.1) is 11.3 Å². The van der Waals surface area contributed by atoms with Crippen molar-refractivity contribution in [2.75, 3.05) is 53.4 Å². The van der Waals surface area contributed by atoms with Crippen LogP contribution in [0.3, 0.4) is 0 Å². The normalized spacial score (nSPS) is 10.8. The third-order valence-electron chi connectivity index (χ3n) is 2.20. The minimum Gasteiger partial charge on any atom is -0.382 e. The van der Waals surface area contributed by atoms with Crippen molar-refractivity contribution in [1.82, 2.24) is 0 Å². The van der Waals surface area contributed by atoms with Crippen molar-refractivity contribution in [2.24, 2.45) is 0 Å². The maximum atomic E-state index is 11.6. The van der Waals surface area contributed by atoms with E-state index >= 15 is 0 Å². The lowest BCUT2D eigenvalue weighted by Crippen LogP contribution is -2.14. The number of carbonyl (C=O) groups excluding carboxylic acids is 1. The Kier molecular flexibility index (Phi) is 9.48. The number of Topliss-reactive ketones (excluding diaryl/α,β-unsaturated/α-hetero) is 1. The molecule has 0 atom stereocenters. The smallest absolute Gasteiger partial charge is 0.198 e. The van der Waals surface area contributed by atoms with Gasteiger partial charge in [-0.3, -0.25) is 4.79 Å². The van der Waals surface area contributed by atoms with E-state index in [-0.39, 0.29) is 12.4 Å². The van der Waals surface area contributed by atoms with Gasteiger partial charge in [-0.1, -0.05) is 6.07 Å². The van der Waals surface area contributed by atoms with E-state index < -0.39 is 0 Å². The third kappa shape index (κ3) is 8.07. The number of hydrogen-bond donors (Lipinski definition) is 0. The highest BCUT2D eigenvalue weighted by Crippen LogP contribution is 2.09. The maximum absolute atomic E-state index is 11.6. The predicted octanol–water partition coefficient (Wildman–Crippen LogP) is 1.63. The number of rotatable bonds is 12. The lowest BCUT2D eigenvalue weighted by molar-refractivity contribution is 0.00496. The summed E-state index contributed by atoms with van der Waals surface area (Å²) in [6.07, 6.45) is 0. The summed E-state index contributed by atoms with van der Waals surface area (Å²) in [6, 6.07) is 3.65. The number of methoxy groups -OCH3 is 1. The molecule has 0 aliphatic heterocycles. The fourth-order valence-electron chi connectivity index (χ4n) is 1.26. The molecule has 0 spiro atoms. The summed E-state index contributed by atoms with van der Waals surface area (Å²) in [5.74, 6) is 0.0119. The Morgan fingerprint density at radius 2 is 1.68 bits per heavy atom. The molecule has 0 unspecified atom stereocenters. The van der Waals surface area contributed by atoms with Gasteiger partial charge in [-0.05, 0) is 11.4 Å². The van der Waals surface area contributed by atoms with Crippen molar-refractivity contribution in [2.45, 2.75) is 0 Å². The summed E-state index contributed by atoms with van der Waals surface area (Å²) in [5.41, 5.74) is 0. The van der Waals surface area contributed by atoms with Crippen LogP contribution < -0.4 is 0 Å². The van der Waals surface area contributed by atoms with Crippen LogP contribution in [-0.2, 0) is 18.9 Å². The monoisotopic (exact) mass is 288 g/mol. The Labute approximate surface area is 117 Å². The van der Waals surface area contributed by atoms with Crippen molar-refractivity contribution in [1.29, 1.82) is 0 Å². The van der Waals surface area contributed by atoms with Crippen LogP contribution in [0.4, 0.5) is 0 Å². The second kappa shape index (κ2) is 11.1.